The van der Waals surface area contributed by atoms with Crippen LogP contribution in [0.1, 0.15) is 57.4 Å². The molecule has 212 valence electrons. The van der Waals surface area contributed by atoms with Crippen LogP contribution in [0.25, 0.3) is 0 Å². The Bertz CT molecular complexity index is 1200. The zero-order valence-electron chi connectivity index (χ0n) is 23.1. The molecule has 2 aromatic rings. The van der Waals surface area contributed by atoms with E-state index in [0.29, 0.717) is 10.6 Å². The number of carbonyl (C=O) groups is 2. The first-order valence-corrected chi connectivity index (χ1v) is 13.0. The number of benzene rings is 2. The zero-order valence-corrected chi connectivity index (χ0v) is 23.1. The Kier molecular flexibility index (Phi) is 7.53. The number of fused-ring (bicyclic) bond motifs is 1. The Hall–Kier alpha value is -3.43. The fraction of sp³-hybridized carbons (Fsp3) is 0.517. The van der Waals surface area contributed by atoms with E-state index in [-0.39, 0.29) is 30.1 Å². The highest BCUT2D eigenvalue weighted by atomic mass is 19.4. The molecule has 1 aliphatic carbocycles. The maximum absolute atomic E-state index is 14.1. The molecular formula is C29H36F3N3O4. The standard InChI is InChI=1S/C29H36F3N3O4/c1-27(2,3)39-26(37)35-16-21(17-35)38-25(36)34(6)24(29(30,31)32)18-11-13-20(14-12-18)33-23-15-19-9-7-8-10-22(19)28(23,4)5/h7-14,21,23-24,33H,15-17H2,1-6H3/t23?,24-/m0/s1. The summed E-state index contributed by atoms with van der Waals surface area (Å²) in [5.41, 5.74) is 2.32. The number of likely N-dealkylation sites (tertiary alicyclic amines) is 1. The molecule has 10 heteroatoms. The number of rotatable bonds is 5. The predicted octanol–water partition coefficient (Wildman–Crippen LogP) is 6.29. The van der Waals surface area contributed by atoms with Crippen molar-refractivity contribution in [3.05, 3.63) is 65.2 Å². The van der Waals surface area contributed by atoms with Crippen molar-refractivity contribution in [2.75, 3.05) is 25.5 Å². The maximum Gasteiger partial charge on any atom is 0.413 e. The molecule has 0 aromatic heterocycles. The number of ether oxygens (including phenoxy) is 2. The van der Waals surface area contributed by atoms with Gasteiger partial charge in [0.2, 0.25) is 0 Å². The summed E-state index contributed by atoms with van der Waals surface area (Å²) >= 11 is 0. The van der Waals surface area contributed by atoms with Gasteiger partial charge in [0.1, 0.15) is 11.7 Å². The number of anilines is 1. The monoisotopic (exact) mass is 547 g/mol. The van der Waals surface area contributed by atoms with E-state index in [0.717, 1.165) is 13.5 Å². The first-order valence-electron chi connectivity index (χ1n) is 13.0. The summed E-state index contributed by atoms with van der Waals surface area (Å²) in [4.78, 5) is 26.6. The first-order chi connectivity index (χ1) is 18.1. The second-order valence-electron chi connectivity index (χ2n) is 11.8. The van der Waals surface area contributed by atoms with Gasteiger partial charge in [-0.25, -0.2) is 9.59 Å². The minimum atomic E-state index is -4.72. The van der Waals surface area contributed by atoms with E-state index >= 15 is 0 Å². The van der Waals surface area contributed by atoms with Gasteiger partial charge in [0, 0.05) is 24.2 Å². The van der Waals surface area contributed by atoms with E-state index in [2.05, 4.69) is 31.3 Å². The zero-order chi connectivity index (χ0) is 28.8. The minimum Gasteiger partial charge on any atom is -0.444 e. The van der Waals surface area contributed by atoms with Crippen LogP contribution in [0.15, 0.2) is 48.5 Å². The minimum absolute atomic E-state index is 0.0624. The van der Waals surface area contributed by atoms with Crippen molar-refractivity contribution in [1.82, 2.24) is 9.80 Å². The van der Waals surface area contributed by atoms with Gasteiger partial charge >= 0.3 is 18.4 Å². The van der Waals surface area contributed by atoms with Crippen LogP contribution in [0, 0.1) is 0 Å². The molecule has 39 heavy (non-hydrogen) atoms. The van der Waals surface area contributed by atoms with Gasteiger partial charge in [-0.05, 0) is 56.0 Å². The normalized spacial score (nSPS) is 19.5. The first kappa shape index (κ1) is 28.6. The Morgan fingerprint density at radius 2 is 1.67 bits per heavy atom. The molecule has 1 N–H and O–H groups in total. The van der Waals surface area contributed by atoms with Crippen molar-refractivity contribution < 1.29 is 32.2 Å². The van der Waals surface area contributed by atoms with Gasteiger partial charge in [-0.2, -0.15) is 13.2 Å². The molecular weight excluding hydrogens is 511 g/mol. The molecule has 1 fully saturated rings. The lowest BCUT2D eigenvalue weighted by Gasteiger charge is -2.40. The smallest absolute Gasteiger partial charge is 0.413 e. The molecule has 0 saturated carbocycles. The van der Waals surface area contributed by atoms with Crippen LogP contribution in [0.4, 0.5) is 28.4 Å². The molecule has 1 saturated heterocycles. The summed E-state index contributed by atoms with van der Waals surface area (Å²) in [6.07, 6.45) is -6.28. The van der Waals surface area contributed by atoms with Gasteiger partial charge in [-0.1, -0.05) is 50.2 Å². The van der Waals surface area contributed by atoms with Crippen molar-refractivity contribution in [2.24, 2.45) is 0 Å². The summed E-state index contributed by atoms with van der Waals surface area (Å²) in [6, 6.07) is 12.1. The third kappa shape index (κ3) is 6.25. The van der Waals surface area contributed by atoms with Crippen molar-refractivity contribution in [3.8, 4) is 0 Å². The predicted molar refractivity (Wildman–Crippen MR) is 142 cm³/mol. The molecule has 0 spiro atoms. The molecule has 7 nitrogen and oxygen atoms in total. The van der Waals surface area contributed by atoms with Crippen LogP contribution in [-0.4, -0.2) is 66.0 Å². The number of carbonyl (C=O) groups excluding carboxylic acids is 2. The van der Waals surface area contributed by atoms with Crippen molar-refractivity contribution in [3.63, 3.8) is 0 Å². The lowest BCUT2D eigenvalue weighted by atomic mass is 9.83. The van der Waals surface area contributed by atoms with E-state index in [9.17, 15) is 22.8 Å². The highest BCUT2D eigenvalue weighted by molar-refractivity contribution is 5.71. The summed E-state index contributed by atoms with van der Waals surface area (Å²) in [6.45, 7) is 9.61. The Balaban J connectivity index is 1.39. The second-order valence-corrected chi connectivity index (χ2v) is 11.8. The average molecular weight is 548 g/mol. The maximum atomic E-state index is 14.1. The fourth-order valence-electron chi connectivity index (χ4n) is 5.14. The molecule has 0 radical (unpaired) electrons. The van der Waals surface area contributed by atoms with Gasteiger partial charge in [-0.15, -0.1) is 0 Å². The number of nitrogens with one attached hydrogen (secondary N) is 1. The van der Waals surface area contributed by atoms with Crippen LogP contribution in [-0.2, 0) is 21.3 Å². The van der Waals surface area contributed by atoms with Crippen LogP contribution in [0.2, 0.25) is 0 Å². The summed E-state index contributed by atoms with van der Waals surface area (Å²) in [7, 11) is 1.06. The van der Waals surface area contributed by atoms with Crippen LogP contribution in [0.5, 0.6) is 0 Å². The number of halogens is 3. The van der Waals surface area contributed by atoms with Crippen molar-refractivity contribution in [2.45, 2.75) is 76.4 Å². The Morgan fingerprint density at radius 1 is 1.05 bits per heavy atom. The topological polar surface area (TPSA) is 71.1 Å². The second kappa shape index (κ2) is 10.3. The highest BCUT2D eigenvalue weighted by Crippen LogP contribution is 2.41. The van der Waals surface area contributed by atoms with Gasteiger partial charge in [0.05, 0.1) is 13.1 Å². The van der Waals surface area contributed by atoms with Gasteiger partial charge < -0.3 is 19.7 Å². The molecule has 4 rings (SSSR count). The van der Waals surface area contributed by atoms with E-state index in [1.807, 2.05) is 12.1 Å². The molecule has 2 aliphatic rings. The number of hydrogen-bond donors (Lipinski definition) is 1. The summed E-state index contributed by atoms with van der Waals surface area (Å²) < 4.78 is 52.9. The highest BCUT2D eigenvalue weighted by Gasteiger charge is 2.47. The van der Waals surface area contributed by atoms with E-state index in [4.69, 9.17) is 9.47 Å². The summed E-state index contributed by atoms with van der Waals surface area (Å²) in [5.74, 6) is 0. The number of amides is 2. The van der Waals surface area contributed by atoms with Gasteiger partial charge in [0.15, 0.2) is 6.04 Å². The molecule has 2 aromatic carbocycles. The third-order valence-electron chi connectivity index (χ3n) is 7.33. The Labute approximate surface area is 227 Å². The molecule has 2 atom stereocenters. The molecule has 2 amide bonds. The fourth-order valence-corrected chi connectivity index (χ4v) is 5.14. The lowest BCUT2D eigenvalue weighted by Crippen LogP contribution is -2.57. The number of hydrogen-bond acceptors (Lipinski definition) is 5. The molecule has 1 unspecified atom stereocenters. The SMILES string of the molecule is CN(C(=O)OC1CN(C(=O)OC(C)(C)C)C1)[C@@H](c1ccc(NC2Cc3ccccc3C2(C)C)cc1)C(F)(F)F. The van der Waals surface area contributed by atoms with Crippen LogP contribution in [0.3, 0.4) is 0 Å². The van der Waals surface area contributed by atoms with E-state index in [1.54, 1.807) is 32.9 Å². The Morgan fingerprint density at radius 3 is 2.23 bits per heavy atom. The summed E-state index contributed by atoms with van der Waals surface area (Å²) in [5, 5.41) is 3.47. The lowest BCUT2D eigenvalue weighted by molar-refractivity contribution is -0.180. The largest absolute Gasteiger partial charge is 0.444 e. The number of alkyl halides is 3. The van der Waals surface area contributed by atoms with Crippen molar-refractivity contribution >= 4 is 17.9 Å². The van der Waals surface area contributed by atoms with Gasteiger partial charge in [0.25, 0.3) is 0 Å². The number of nitrogens with zero attached hydrogens (tertiary/aromatic N) is 2. The third-order valence-corrected chi connectivity index (χ3v) is 7.33. The average Bonchev–Trinajstić information content (AvgIpc) is 3.04. The van der Waals surface area contributed by atoms with Crippen molar-refractivity contribution in [1.29, 1.82) is 0 Å². The van der Waals surface area contributed by atoms with Gasteiger partial charge in [-0.3, -0.25) is 4.90 Å². The van der Waals surface area contributed by atoms with Crippen LogP contribution >= 0.6 is 0 Å². The quantitative estimate of drug-likeness (QED) is 0.476. The van der Waals surface area contributed by atoms with Crippen LogP contribution < -0.4 is 5.32 Å². The molecule has 1 heterocycles. The molecule has 0 bridgehead atoms. The van der Waals surface area contributed by atoms with E-state index in [1.165, 1.54) is 28.2 Å². The molecule has 1 aliphatic heterocycles. The van der Waals surface area contributed by atoms with E-state index < -0.39 is 36.1 Å².